The third-order valence-corrected chi connectivity index (χ3v) is 4.00. The van der Waals surface area contributed by atoms with E-state index >= 15 is 0 Å². The van der Waals surface area contributed by atoms with Gasteiger partial charge in [-0.3, -0.25) is 4.99 Å². The number of hydrogen-bond donors (Lipinski definition) is 1. The standard InChI is InChI=1S/C16H30N2/c1-11(2)14-13(18-12(3)4)8-15(5,6)9-16(14,7)10-17/h13H,8-10,17H2,1-7H3. The first-order valence-electron chi connectivity index (χ1n) is 7.00. The molecular weight excluding hydrogens is 220 g/mol. The van der Waals surface area contributed by atoms with Gasteiger partial charge in [0.2, 0.25) is 0 Å². The number of rotatable bonds is 2. The van der Waals surface area contributed by atoms with E-state index in [0.717, 1.165) is 18.6 Å². The molecule has 2 nitrogen and oxygen atoms in total. The molecule has 0 spiro atoms. The number of nitrogens with two attached hydrogens (primary N) is 1. The van der Waals surface area contributed by atoms with Crippen molar-refractivity contribution in [3.8, 4) is 0 Å². The predicted molar refractivity (Wildman–Crippen MR) is 81.1 cm³/mol. The molecule has 0 heterocycles. The van der Waals surface area contributed by atoms with Gasteiger partial charge in [-0.15, -0.1) is 0 Å². The van der Waals surface area contributed by atoms with E-state index in [1.54, 1.807) is 0 Å². The molecular formula is C16H30N2. The molecule has 1 rings (SSSR count). The molecule has 0 saturated heterocycles. The highest BCUT2D eigenvalue weighted by molar-refractivity contribution is 5.79. The van der Waals surface area contributed by atoms with Gasteiger partial charge in [0.25, 0.3) is 0 Å². The summed E-state index contributed by atoms with van der Waals surface area (Å²) in [4.78, 5) is 4.88. The largest absolute Gasteiger partial charge is 0.330 e. The molecule has 0 bridgehead atoms. The summed E-state index contributed by atoms with van der Waals surface area (Å²) in [5.74, 6) is 0. The third kappa shape index (κ3) is 3.23. The summed E-state index contributed by atoms with van der Waals surface area (Å²) in [6, 6.07) is 0.317. The maximum absolute atomic E-state index is 6.10. The molecule has 2 atom stereocenters. The van der Waals surface area contributed by atoms with Crippen LogP contribution in [0.4, 0.5) is 0 Å². The lowest BCUT2D eigenvalue weighted by Gasteiger charge is -2.48. The SMILES string of the molecule is CC(C)=NC1CC(C)(C)CC(C)(CN)C1=C(C)C. The summed E-state index contributed by atoms with van der Waals surface area (Å²) in [6.45, 7) is 16.3. The summed E-state index contributed by atoms with van der Waals surface area (Å²) in [7, 11) is 0. The van der Waals surface area contributed by atoms with E-state index in [0.29, 0.717) is 18.0 Å². The van der Waals surface area contributed by atoms with Crippen molar-refractivity contribution in [2.45, 2.75) is 67.3 Å². The Hall–Kier alpha value is -0.630. The van der Waals surface area contributed by atoms with Crippen LogP contribution in [0.25, 0.3) is 0 Å². The number of nitrogens with zero attached hydrogens (tertiary/aromatic N) is 1. The van der Waals surface area contributed by atoms with E-state index in [9.17, 15) is 0 Å². The minimum Gasteiger partial charge on any atom is -0.330 e. The van der Waals surface area contributed by atoms with Gasteiger partial charge in [0.15, 0.2) is 0 Å². The number of aliphatic imine (C=N–C) groups is 1. The summed E-state index contributed by atoms with van der Waals surface area (Å²) in [6.07, 6.45) is 2.29. The zero-order valence-electron chi connectivity index (χ0n) is 13.2. The van der Waals surface area contributed by atoms with Crippen LogP contribution in [0.3, 0.4) is 0 Å². The first kappa shape index (κ1) is 15.4. The van der Waals surface area contributed by atoms with Gasteiger partial charge in [-0.25, -0.2) is 0 Å². The molecule has 0 aromatic heterocycles. The number of allylic oxidation sites excluding steroid dienone is 1. The van der Waals surface area contributed by atoms with Crippen molar-refractivity contribution in [1.82, 2.24) is 0 Å². The molecule has 0 radical (unpaired) electrons. The minimum atomic E-state index is 0.101. The van der Waals surface area contributed by atoms with Crippen molar-refractivity contribution >= 4 is 5.71 Å². The van der Waals surface area contributed by atoms with Crippen LogP contribution >= 0.6 is 0 Å². The highest BCUT2D eigenvalue weighted by atomic mass is 14.8. The lowest BCUT2D eigenvalue weighted by molar-refractivity contribution is 0.146. The smallest absolute Gasteiger partial charge is 0.0721 e. The van der Waals surface area contributed by atoms with Crippen molar-refractivity contribution in [1.29, 1.82) is 0 Å². The van der Waals surface area contributed by atoms with Crippen LogP contribution in [0.5, 0.6) is 0 Å². The average Bonchev–Trinajstić information content (AvgIpc) is 2.12. The van der Waals surface area contributed by atoms with Gasteiger partial charge in [0.05, 0.1) is 6.04 Å². The van der Waals surface area contributed by atoms with Crippen LogP contribution in [0, 0.1) is 10.8 Å². The van der Waals surface area contributed by atoms with Crippen LogP contribution in [0.2, 0.25) is 0 Å². The summed E-state index contributed by atoms with van der Waals surface area (Å²) >= 11 is 0. The van der Waals surface area contributed by atoms with Crippen molar-refractivity contribution in [2.75, 3.05) is 6.54 Å². The second-order valence-corrected chi connectivity index (χ2v) is 7.32. The van der Waals surface area contributed by atoms with Crippen molar-refractivity contribution < 1.29 is 0 Å². The average molecular weight is 250 g/mol. The van der Waals surface area contributed by atoms with Gasteiger partial charge in [0.1, 0.15) is 0 Å². The Kier molecular flexibility index (Phi) is 4.42. The van der Waals surface area contributed by atoms with Crippen LogP contribution in [-0.2, 0) is 0 Å². The van der Waals surface area contributed by atoms with Crippen LogP contribution in [0.15, 0.2) is 16.1 Å². The van der Waals surface area contributed by atoms with Gasteiger partial charge in [-0.05, 0) is 51.5 Å². The normalized spacial score (nSPS) is 31.1. The molecule has 2 heteroatoms. The maximum Gasteiger partial charge on any atom is 0.0721 e. The van der Waals surface area contributed by atoms with Gasteiger partial charge in [0, 0.05) is 17.7 Å². The highest BCUT2D eigenvalue weighted by Crippen LogP contribution is 2.50. The van der Waals surface area contributed by atoms with Gasteiger partial charge >= 0.3 is 0 Å². The van der Waals surface area contributed by atoms with E-state index in [4.69, 9.17) is 10.7 Å². The molecule has 18 heavy (non-hydrogen) atoms. The fraction of sp³-hybridized carbons (Fsp3) is 0.812. The van der Waals surface area contributed by atoms with Crippen LogP contribution < -0.4 is 5.73 Å². The minimum absolute atomic E-state index is 0.101. The summed E-state index contributed by atoms with van der Waals surface area (Å²) in [5.41, 5.74) is 10.6. The van der Waals surface area contributed by atoms with Crippen molar-refractivity contribution in [2.24, 2.45) is 21.6 Å². The Balaban J connectivity index is 3.30. The van der Waals surface area contributed by atoms with E-state index in [2.05, 4.69) is 48.5 Å². The maximum atomic E-state index is 6.10. The monoisotopic (exact) mass is 250 g/mol. The molecule has 0 amide bonds. The Labute approximate surface area is 113 Å². The second kappa shape index (κ2) is 5.16. The molecule has 0 aromatic rings. The van der Waals surface area contributed by atoms with Gasteiger partial charge in [-0.2, -0.15) is 0 Å². The second-order valence-electron chi connectivity index (χ2n) is 7.32. The highest BCUT2D eigenvalue weighted by Gasteiger charge is 2.44. The summed E-state index contributed by atoms with van der Waals surface area (Å²) < 4.78 is 0. The Morgan fingerprint density at radius 1 is 1.22 bits per heavy atom. The topological polar surface area (TPSA) is 38.4 Å². The first-order valence-corrected chi connectivity index (χ1v) is 7.00. The first-order chi connectivity index (χ1) is 8.11. The van der Waals surface area contributed by atoms with Crippen molar-refractivity contribution in [3.63, 3.8) is 0 Å². The van der Waals surface area contributed by atoms with E-state index in [-0.39, 0.29) is 5.41 Å². The molecule has 2 N–H and O–H groups in total. The lowest BCUT2D eigenvalue weighted by Crippen LogP contribution is -2.44. The molecule has 2 unspecified atom stereocenters. The third-order valence-electron chi connectivity index (χ3n) is 4.00. The molecule has 0 aromatic carbocycles. The summed E-state index contributed by atoms with van der Waals surface area (Å²) in [5, 5.41) is 0. The lowest BCUT2D eigenvalue weighted by atomic mass is 9.59. The molecule has 104 valence electrons. The van der Waals surface area contributed by atoms with E-state index < -0.39 is 0 Å². The zero-order valence-corrected chi connectivity index (χ0v) is 13.2. The van der Waals surface area contributed by atoms with Crippen LogP contribution in [0.1, 0.15) is 61.3 Å². The van der Waals surface area contributed by atoms with E-state index in [1.807, 2.05) is 0 Å². The molecule has 1 aliphatic carbocycles. The molecule has 0 aliphatic heterocycles. The Bertz CT molecular complexity index is 369. The van der Waals surface area contributed by atoms with E-state index in [1.165, 1.54) is 11.1 Å². The quantitative estimate of drug-likeness (QED) is 0.585. The van der Waals surface area contributed by atoms with Crippen molar-refractivity contribution in [3.05, 3.63) is 11.1 Å². The fourth-order valence-corrected chi connectivity index (χ4v) is 3.79. The number of hydrogen-bond acceptors (Lipinski definition) is 2. The van der Waals surface area contributed by atoms with Crippen LogP contribution in [-0.4, -0.2) is 18.3 Å². The Morgan fingerprint density at radius 3 is 2.17 bits per heavy atom. The van der Waals surface area contributed by atoms with Gasteiger partial charge in [-0.1, -0.05) is 26.3 Å². The predicted octanol–water partition coefficient (Wildman–Crippen LogP) is 3.96. The molecule has 1 aliphatic rings. The molecule has 1 fully saturated rings. The Morgan fingerprint density at radius 2 is 1.78 bits per heavy atom. The molecule has 1 saturated carbocycles. The zero-order chi connectivity index (χ0) is 14.1. The fourth-order valence-electron chi connectivity index (χ4n) is 3.79. The van der Waals surface area contributed by atoms with Gasteiger partial charge < -0.3 is 5.73 Å².